The lowest BCUT2D eigenvalue weighted by molar-refractivity contribution is -0.139. The number of carbonyl (C=O) groups is 3. The van der Waals surface area contributed by atoms with Crippen molar-refractivity contribution in [1.29, 1.82) is 0 Å². The van der Waals surface area contributed by atoms with Crippen molar-refractivity contribution in [2.24, 2.45) is 0 Å². The van der Waals surface area contributed by atoms with E-state index in [2.05, 4.69) is 15.6 Å². The lowest BCUT2D eigenvalue weighted by Crippen LogP contribution is -2.46. The fourth-order valence-electron chi connectivity index (χ4n) is 3.15. The Morgan fingerprint density at radius 3 is 2.63 bits per heavy atom. The third-order valence-corrected chi connectivity index (χ3v) is 4.53. The fourth-order valence-corrected chi connectivity index (χ4v) is 3.15. The Kier molecular flexibility index (Phi) is 8.70. The van der Waals surface area contributed by atoms with Gasteiger partial charge in [-0.2, -0.15) is 0 Å². The number of nitrogens with zero attached hydrogens (tertiary/aromatic N) is 2. The van der Waals surface area contributed by atoms with Gasteiger partial charge in [-0.3, -0.25) is 14.4 Å². The molecular formula is C19H28N4O4. The maximum atomic E-state index is 12.7. The molecule has 148 valence electrons. The molecule has 0 aromatic carbocycles. The van der Waals surface area contributed by atoms with Gasteiger partial charge in [0, 0.05) is 38.7 Å². The number of methoxy groups -OCH3 is 1. The molecule has 0 radical (unpaired) electrons. The van der Waals surface area contributed by atoms with Crippen molar-refractivity contribution in [3.8, 4) is 0 Å². The van der Waals surface area contributed by atoms with E-state index in [4.69, 9.17) is 4.74 Å². The largest absolute Gasteiger partial charge is 0.383 e. The smallest absolute Gasteiger partial charge is 0.239 e. The number of ether oxygens (including phenoxy) is 1. The summed E-state index contributed by atoms with van der Waals surface area (Å²) in [5.41, 5.74) is 0. The predicted molar refractivity (Wildman–Crippen MR) is 101 cm³/mol. The first kappa shape index (κ1) is 20.8. The van der Waals surface area contributed by atoms with Crippen LogP contribution in [0.2, 0.25) is 0 Å². The first-order valence-electron chi connectivity index (χ1n) is 9.36. The van der Waals surface area contributed by atoms with Gasteiger partial charge < -0.3 is 20.3 Å². The molecule has 1 aromatic heterocycles. The van der Waals surface area contributed by atoms with Crippen LogP contribution in [0.1, 0.15) is 38.5 Å². The zero-order valence-corrected chi connectivity index (χ0v) is 15.8. The molecule has 1 aliphatic rings. The van der Waals surface area contributed by atoms with Crippen LogP contribution in [0.3, 0.4) is 0 Å². The van der Waals surface area contributed by atoms with Crippen molar-refractivity contribution in [1.82, 2.24) is 15.2 Å². The molecule has 0 unspecified atom stereocenters. The van der Waals surface area contributed by atoms with E-state index in [1.54, 1.807) is 36.4 Å². The van der Waals surface area contributed by atoms with Crippen molar-refractivity contribution in [2.75, 3.05) is 32.1 Å². The maximum absolute atomic E-state index is 12.7. The fraction of sp³-hybridized carbons (Fsp3) is 0.579. The van der Waals surface area contributed by atoms with Crippen LogP contribution in [0.25, 0.3) is 0 Å². The van der Waals surface area contributed by atoms with Crippen LogP contribution in [0.4, 0.5) is 5.82 Å². The first-order chi connectivity index (χ1) is 13.1. The summed E-state index contributed by atoms with van der Waals surface area (Å²) < 4.78 is 4.91. The molecule has 27 heavy (non-hydrogen) atoms. The van der Waals surface area contributed by atoms with Crippen LogP contribution in [-0.4, -0.2) is 60.5 Å². The number of aromatic nitrogens is 1. The zero-order valence-electron chi connectivity index (χ0n) is 15.8. The first-order valence-corrected chi connectivity index (χ1v) is 9.36. The third-order valence-electron chi connectivity index (χ3n) is 4.53. The summed E-state index contributed by atoms with van der Waals surface area (Å²) in [4.78, 5) is 42.5. The summed E-state index contributed by atoms with van der Waals surface area (Å²) in [6.45, 7) is 0.862. The molecule has 0 atom stereocenters. The molecule has 1 saturated carbocycles. The second-order valence-corrected chi connectivity index (χ2v) is 6.57. The minimum Gasteiger partial charge on any atom is -0.383 e. The highest BCUT2D eigenvalue weighted by Crippen LogP contribution is 2.24. The molecule has 1 aromatic rings. The number of nitrogens with one attached hydrogen (secondary N) is 2. The summed E-state index contributed by atoms with van der Waals surface area (Å²) in [7, 11) is 1.57. The normalized spacial score (nSPS) is 14.0. The summed E-state index contributed by atoms with van der Waals surface area (Å²) in [6.07, 6.45) is 5.63. The summed E-state index contributed by atoms with van der Waals surface area (Å²) >= 11 is 0. The minimum absolute atomic E-state index is 0.0229. The molecule has 8 heteroatoms. The van der Waals surface area contributed by atoms with Crippen molar-refractivity contribution in [2.45, 2.75) is 44.6 Å². The van der Waals surface area contributed by atoms with E-state index in [9.17, 15) is 14.4 Å². The Hall–Kier alpha value is -2.48. The van der Waals surface area contributed by atoms with Crippen LogP contribution < -0.4 is 10.6 Å². The van der Waals surface area contributed by atoms with E-state index < -0.39 is 0 Å². The molecule has 0 aliphatic heterocycles. The number of amides is 3. The summed E-state index contributed by atoms with van der Waals surface area (Å²) in [5.74, 6) is -0.178. The van der Waals surface area contributed by atoms with Crippen LogP contribution in [-0.2, 0) is 19.1 Å². The van der Waals surface area contributed by atoms with Crippen molar-refractivity contribution in [3.05, 3.63) is 24.4 Å². The Labute approximate surface area is 159 Å². The lowest BCUT2D eigenvalue weighted by atomic mass is 10.1. The summed E-state index contributed by atoms with van der Waals surface area (Å²) in [6, 6.07) is 5.30. The monoisotopic (exact) mass is 376 g/mol. The molecule has 8 nitrogen and oxygen atoms in total. The van der Waals surface area contributed by atoms with Gasteiger partial charge in [0.05, 0.1) is 13.2 Å². The van der Waals surface area contributed by atoms with Gasteiger partial charge in [0.2, 0.25) is 17.7 Å². The average molecular weight is 376 g/mol. The highest BCUT2D eigenvalue weighted by atomic mass is 16.5. The average Bonchev–Trinajstić information content (AvgIpc) is 3.19. The number of pyridine rings is 1. The molecule has 2 rings (SSSR count). The van der Waals surface area contributed by atoms with Crippen molar-refractivity contribution >= 4 is 23.5 Å². The van der Waals surface area contributed by atoms with Gasteiger partial charge in [-0.05, 0) is 25.0 Å². The molecule has 3 amide bonds. The van der Waals surface area contributed by atoms with E-state index in [0.29, 0.717) is 19.0 Å². The molecule has 0 spiro atoms. The van der Waals surface area contributed by atoms with Gasteiger partial charge in [-0.1, -0.05) is 18.9 Å². The van der Waals surface area contributed by atoms with Gasteiger partial charge in [0.1, 0.15) is 5.82 Å². The van der Waals surface area contributed by atoms with E-state index >= 15 is 0 Å². The molecule has 0 bridgehead atoms. The van der Waals surface area contributed by atoms with Crippen LogP contribution in [0.15, 0.2) is 24.4 Å². The van der Waals surface area contributed by atoms with Gasteiger partial charge in [-0.25, -0.2) is 4.98 Å². The van der Waals surface area contributed by atoms with Crippen LogP contribution >= 0.6 is 0 Å². The minimum atomic E-state index is -0.266. The Bertz CT molecular complexity index is 617. The molecule has 1 heterocycles. The van der Waals surface area contributed by atoms with Gasteiger partial charge in [-0.15, -0.1) is 0 Å². The number of hydrogen-bond acceptors (Lipinski definition) is 5. The molecule has 0 saturated heterocycles. The van der Waals surface area contributed by atoms with Gasteiger partial charge >= 0.3 is 0 Å². The molecule has 1 fully saturated rings. The van der Waals surface area contributed by atoms with E-state index in [0.717, 1.165) is 25.7 Å². The Morgan fingerprint density at radius 1 is 1.19 bits per heavy atom. The third kappa shape index (κ3) is 7.34. The van der Waals surface area contributed by atoms with E-state index in [1.807, 2.05) is 0 Å². The Morgan fingerprint density at radius 2 is 1.96 bits per heavy atom. The molecular weight excluding hydrogens is 348 g/mol. The zero-order chi connectivity index (χ0) is 19.5. The highest BCUT2D eigenvalue weighted by Gasteiger charge is 2.28. The van der Waals surface area contributed by atoms with E-state index in [-0.39, 0.29) is 43.1 Å². The molecule has 1 aliphatic carbocycles. The standard InChI is InChI=1S/C19H28N4O4/c1-27-13-12-21-18(25)14-23(15-6-2-3-7-15)19(26)10-9-17(24)22-16-8-4-5-11-20-16/h4-5,8,11,15H,2-3,6-7,9-10,12-14H2,1H3,(H,21,25)(H,20,22,24). The molecule has 2 N–H and O–H groups in total. The van der Waals surface area contributed by atoms with Crippen molar-refractivity contribution < 1.29 is 19.1 Å². The lowest BCUT2D eigenvalue weighted by Gasteiger charge is -2.28. The highest BCUT2D eigenvalue weighted by molar-refractivity contribution is 5.93. The SMILES string of the molecule is COCCNC(=O)CN(C(=O)CCC(=O)Nc1ccccn1)C1CCCC1. The van der Waals surface area contributed by atoms with Crippen LogP contribution in [0.5, 0.6) is 0 Å². The quantitative estimate of drug-likeness (QED) is 0.600. The van der Waals surface area contributed by atoms with Crippen molar-refractivity contribution in [3.63, 3.8) is 0 Å². The maximum Gasteiger partial charge on any atom is 0.239 e. The van der Waals surface area contributed by atoms with E-state index in [1.165, 1.54) is 0 Å². The predicted octanol–water partition coefficient (Wildman–Crippen LogP) is 1.33. The second-order valence-electron chi connectivity index (χ2n) is 6.57. The number of rotatable bonds is 10. The Balaban J connectivity index is 1.85. The number of carbonyl (C=O) groups excluding carboxylic acids is 3. The topological polar surface area (TPSA) is 101 Å². The number of anilines is 1. The van der Waals surface area contributed by atoms with Gasteiger partial charge in [0.25, 0.3) is 0 Å². The number of hydrogen-bond donors (Lipinski definition) is 2. The van der Waals surface area contributed by atoms with Crippen LogP contribution in [0, 0.1) is 0 Å². The summed E-state index contributed by atoms with van der Waals surface area (Å²) in [5, 5.41) is 5.41. The second kappa shape index (κ2) is 11.3. The van der Waals surface area contributed by atoms with Gasteiger partial charge in [0.15, 0.2) is 0 Å².